The van der Waals surface area contributed by atoms with Crippen LogP contribution in [0.15, 0.2) is 72.8 Å². The summed E-state index contributed by atoms with van der Waals surface area (Å²) in [5.74, 6) is 0.326. The van der Waals surface area contributed by atoms with Crippen molar-refractivity contribution in [1.29, 1.82) is 0 Å². The van der Waals surface area contributed by atoms with Gasteiger partial charge in [0.2, 0.25) is 0 Å². The molecular weight excluding hydrogens is 454 g/mol. The van der Waals surface area contributed by atoms with Crippen molar-refractivity contribution in [1.82, 2.24) is 10.2 Å². The summed E-state index contributed by atoms with van der Waals surface area (Å²) in [6.45, 7) is 6.01. The van der Waals surface area contributed by atoms with Gasteiger partial charge in [-0.05, 0) is 47.9 Å². The van der Waals surface area contributed by atoms with E-state index >= 15 is 0 Å². The molecule has 2 atom stereocenters. The molecule has 5 rings (SSSR count). The van der Waals surface area contributed by atoms with Crippen LogP contribution < -0.4 is 15.4 Å². The molecule has 0 saturated carbocycles. The zero-order chi connectivity index (χ0) is 24.9. The molecule has 0 aliphatic carbocycles. The first-order valence-electron chi connectivity index (χ1n) is 12.4. The second-order valence-corrected chi connectivity index (χ2v) is 9.41. The van der Waals surface area contributed by atoms with Crippen LogP contribution in [0.1, 0.15) is 34.0 Å². The number of nitrogens with one attached hydrogen (secondary N) is 2. The maximum absolute atomic E-state index is 12.8. The third-order valence-corrected chi connectivity index (χ3v) is 6.51. The Morgan fingerprint density at radius 2 is 1.83 bits per heavy atom. The van der Waals surface area contributed by atoms with Crippen LogP contribution in [0.3, 0.4) is 0 Å². The lowest BCUT2D eigenvalue weighted by Gasteiger charge is -2.31. The minimum absolute atomic E-state index is 0.192. The zero-order valence-electron chi connectivity index (χ0n) is 20.4. The fourth-order valence-electron chi connectivity index (χ4n) is 4.70. The van der Waals surface area contributed by atoms with E-state index < -0.39 is 6.10 Å². The summed E-state index contributed by atoms with van der Waals surface area (Å²) in [7, 11) is 0. The van der Waals surface area contributed by atoms with Crippen molar-refractivity contribution in [3.05, 3.63) is 95.1 Å². The van der Waals surface area contributed by atoms with Crippen molar-refractivity contribution in [2.45, 2.75) is 38.6 Å². The minimum atomic E-state index is -0.576. The molecule has 2 aliphatic rings. The number of carbonyl (C=O) groups is 2. The van der Waals surface area contributed by atoms with E-state index in [0.717, 1.165) is 43.1 Å². The quantitative estimate of drug-likeness (QED) is 0.533. The largest absolute Gasteiger partial charge is 0.480 e. The molecule has 7 heteroatoms. The molecule has 3 aromatic rings. The first-order valence-corrected chi connectivity index (χ1v) is 12.4. The maximum Gasteiger partial charge on any atom is 0.265 e. The Kier molecular flexibility index (Phi) is 7.30. The van der Waals surface area contributed by atoms with Crippen molar-refractivity contribution >= 4 is 17.5 Å². The topological polar surface area (TPSA) is 79.9 Å². The van der Waals surface area contributed by atoms with E-state index in [1.165, 1.54) is 5.56 Å². The lowest BCUT2D eigenvalue weighted by molar-refractivity contribution is -0.122. The SMILES string of the molecule is CC1CN(Cc2cccc(CNC(=O)c3cccc(NC(=O)C4Cc5ccccc5O4)c3)c2)CCO1. The van der Waals surface area contributed by atoms with Gasteiger partial charge < -0.3 is 20.1 Å². The number of para-hydroxylation sites is 1. The van der Waals surface area contributed by atoms with Crippen LogP contribution in [0.2, 0.25) is 0 Å². The number of carbonyl (C=O) groups excluding carboxylic acids is 2. The molecule has 2 N–H and O–H groups in total. The molecule has 0 spiro atoms. The molecule has 3 aromatic carbocycles. The lowest BCUT2D eigenvalue weighted by atomic mass is 10.1. The Balaban J connectivity index is 1.15. The first-order chi connectivity index (χ1) is 17.5. The number of hydrogen-bond acceptors (Lipinski definition) is 5. The first kappa shape index (κ1) is 24.0. The molecule has 186 valence electrons. The van der Waals surface area contributed by atoms with E-state index in [2.05, 4.69) is 34.6 Å². The highest BCUT2D eigenvalue weighted by Gasteiger charge is 2.28. The van der Waals surface area contributed by atoms with E-state index in [-0.39, 0.29) is 17.9 Å². The third-order valence-electron chi connectivity index (χ3n) is 6.51. The van der Waals surface area contributed by atoms with Gasteiger partial charge in [-0.1, -0.05) is 48.5 Å². The van der Waals surface area contributed by atoms with Crippen molar-refractivity contribution in [3.63, 3.8) is 0 Å². The van der Waals surface area contributed by atoms with Crippen molar-refractivity contribution in [2.24, 2.45) is 0 Å². The molecule has 2 heterocycles. The van der Waals surface area contributed by atoms with E-state index in [1.807, 2.05) is 36.4 Å². The predicted octanol–water partition coefficient (Wildman–Crippen LogP) is 3.78. The number of fused-ring (bicyclic) bond motifs is 1. The van der Waals surface area contributed by atoms with Gasteiger partial charge in [-0.2, -0.15) is 0 Å². The highest BCUT2D eigenvalue weighted by atomic mass is 16.5. The monoisotopic (exact) mass is 485 g/mol. The number of nitrogens with zero attached hydrogens (tertiary/aromatic N) is 1. The maximum atomic E-state index is 12.8. The summed E-state index contributed by atoms with van der Waals surface area (Å²) in [5.41, 5.74) is 4.34. The van der Waals surface area contributed by atoms with Gasteiger partial charge in [-0.15, -0.1) is 0 Å². The summed E-state index contributed by atoms with van der Waals surface area (Å²) >= 11 is 0. The standard InChI is InChI=1S/C29H31N3O4/c1-20-18-32(12-13-35-20)19-22-7-4-6-21(14-22)17-30-28(33)24-9-5-10-25(15-24)31-29(34)27-16-23-8-2-3-11-26(23)36-27/h2-11,14-15,20,27H,12-13,16-19H2,1H3,(H,30,33)(H,31,34). The molecule has 1 fully saturated rings. The van der Waals surface area contributed by atoms with Crippen LogP contribution in [-0.4, -0.2) is 48.6 Å². The van der Waals surface area contributed by atoms with E-state index in [1.54, 1.807) is 24.3 Å². The smallest absolute Gasteiger partial charge is 0.265 e. The van der Waals surface area contributed by atoms with Gasteiger partial charge in [-0.25, -0.2) is 0 Å². The molecular formula is C29H31N3O4. The Morgan fingerprint density at radius 1 is 1.00 bits per heavy atom. The molecule has 2 aliphatic heterocycles. The molecule has 0 radical (unpaired) electrons. The van der Waals surface area contributed by atoms with Crippen LogP contribution >= 0.6 is 0 Å². The number of hydrogen-bond donors (Lipinski definition) is 2. The summed E-state index contributed by atoms with van der Waals surface area (Å²) in [5, 5.41) is 5.87. The lowest BCUT2D eigenvalue weighted by Crippen LogP contribution is -2.40. The number of ether oxygens (including phenoxy) is 2. The van der Waals surface area contributed by atoms with E-state index in [0.29, 0.717) is 24.2 Å². The van der Waals surface area contributed by atoms with Crippen LogP contribution in [-0.2, 0) is 29.0 Å². The fourth-order valence-corrected chi connectivity index (χ4v) is 4.70. The number of rotatable bonds is 7. The van der Waals surface area contributed by atoms with Crippen molar-refractivity contribution < 1.29 is 19.1 Å². The van der Waals surface area contributed by atoms with Gasteiger partial charge in [0.1, 0.15) is 5.75 Å². The average Bonchev–Trinajstić information content (AvgIpc) is 3.32. The normalized spacial score (nSPS) is 19.2. The molecule has 36 heavy (non-hydrogen) atoms. The van der Waals surface area contributed by atoms with Crippen molar-refractivity contribution in [2.75, 3.05) is 25.0 Å². The predicted molar refractivity (Wildman–Crippen MR) is 138 cm³/mol. The van der Waals surface area contributed by atoms with Crippen molar-refractivity contribution in [3.8, 4) is 5.75 Å². The third kappa shape index (κ3) is 5.93. The Hall–Kier alpha value is -3.68. The molecule has 2 unspecified atom stereocenters. The summed E-state index contributed by atoms with van der Waals surface area (Å²) in [6.07, 6.45) is 0.211. The number of morpholine rings is 1. The van der Waals surface area contributed by atoms with Crippen LogP contribution in [0.25, 0.3) is 0 Å². The van der Waals surface area contributed by atoms with E-state index in [4.69, 9.17) is 9.47 Å². The average molecular weight is 486 g/mol. The summed E-state index contributed by atoms with van der Waals surface area (Å²) in [4.78, 5) is 27.9. The van der Waals surface area contributed by atoms with Gasteiger partial charge >= 0.3 is 0 Å². The summed E-state index contributed by atoms with van der Waals surface area (Å²) < 4.78 is 11.4. The number of amides is 2. The van der Waals surface area contributed by atoms with Gasteiger partial charge in [0.15, 0.2) is 6.10 Å². The highest BCUT2D eigenvalue weighted by molar-refractivity contribution is 5.98. The van der Waals surface area contributed by atoms with Gasteiger partial charge in [0.05, 0.1) is 12.7 Å². The molecule has 1 saturated heterocycles. The number of benzene rings is 3. The minimum Gasteiger partial charge on any atom is -0.480 e. The van der Waals surface area contributed by atoms with Gasteiger partial charge in [-0.3, -0.25) is 14.5 Å². The van der Waals surface area contributed by atoms with Crippen LogP contribution in [0.5, 0.6) is 5.75 Å². The second kappa shape index (κ2) is 10.9. The highest BCUT2D eigenvalue weighted by Crippen LogP contribution is 2.28. The number of anilines is 1. The van der Waals surface area contributed by atoms with Gasteiger partial charge in [0.25, 0.3) is 11.8 Å². The summed E-state index contributed by atoms with van der Waals surface area (Å²) in [6, 6.07) is 22.9. The van der Waals surface area contributed by atoms with Crippen LogP contribution in [0.4, 0.5) is 5.69 Å². The molecule has 7 nitrogen and oxygen atoms in total. The molecule has 0 aromatic heterocycles. The zero-order valence-corrected chi connectivity index (χ0v) is 20.4. The molecule has 0 bridgehead atoms. The second-order valence-electron chi connectivity index (χ2n) is 9.41. The molecule has 2 amide bonds. The Labute approximate surface area is 211 Å². The van der Waals surface area contributed by atoms with Crippen LogP contribution in [0, 0.1) is 0 Å². The fraction of sp³-hybridized carbons (Fsp3) is 0.310. The Morgan fingerprint density at radius 3 is 2.69 bits per heavy atom. The Bertz CT molecular complexity index is 1220. The van der Waals surface area contributed by atoms with Gasteiger partial charge in [0, 0.05) is 43.9 Å². The van der Waals surface area contributed by atoms with E-state index in [9.17, 15) is 9.59 Å².